The molecule has 0 aliphatic carbocycles. The van der Waals surface area contributed by atoms with E-state index in [1.807, 2.05) is 32.3 Å². The molecule has 0 aliphatic rings. The van der Waals surface area contributed by atoms with Gasteiger partial charge in [-0.15, -0.1) is 11.3 Å². The molecule has 0 aromatic carbocycles. The fraction of sp³-hybridized carbons (Fsp3) is 0.308. The lowest BCUT2D eigenvalue weighted by Gasteiger charge is -2.17. The minimum Gasteiger partial charge on any atom is -0.355 e. The second-order valence-corrected chi connectivity index (χ2v) is 6.24. The van der Waals surface area contributed by atoms with Crippen LogP contribution >= 0.6 is 27.3 Å². The van der Waals surface area contributed by atoms with Crippen LogP contribution in [0.4, 0.5) is 5.82 Å². The van der Waals surface area contributed by atoms with Crippen molar-refractivity contribution in [2.45, 2.75) is 19.5 Å². The van der Waals surface area contributed by atoms with Crippen LogP contribution < -0.4 is 10.6 Å². The first-order valence-electron chi connectivity index (χ1n) is 5.72. The molecule has 0 aliphatic heterocycles. The van der Waals surface area contributed by atoms with Crippen LogP contribution in [-0.4, -0.2) is 12.0 Å². The van der Waals surface area contributed by atoms with Gasteiger partial charge in [0, 0.05) is 34.0 Å². The van der Waals surface area contributed by atoms with Gasteiger partial charge in [0.2, 0.25) is 0 Å². The second-order valence-electron chi connectivity index (χ2n) is 4.33. The van der Waals surface area contributed by atoms with Gasteiger partial charge in [-0.1, -0.05) is 6.07 Å². The van der Waals surface area contributed by atoms with Gasteiger partial charge in [0.05, 0.1) is 6.54 Å². The van der Waals surface area contributed by atoms with Crippen LogP contribution in [0.15, 0.2) is 34.2 Å². The van der Waals surface area contributed by atoms with Crippen molar-refractivity contribution in [2.24, 2.45) is 5.73 Å². The van der Waals surface area contributed by atoms with E-state index in [4.69, 9.17) is 5.73 Å². The number of halogens is 1. The molecule has 2 heterocycles. The molecule has 18 heavy (non-hydrogen) atoms. The summed E-state index contributed by atoms with van der Waals surface area (Å²) in [5.41, 5.74) is 6.87. The first kappa shape index (κ1) is 13.5. The third-order valence-electron chi connectivity index (χ3n) is 2.70. The van der Waals surface area contributed by atoms with Crippen molar-refractivity contribution in [1.82, 2.24) is 4.98 Å². The van der Waals surface area contributed by atoms with Crippen LogP contribution in [0.1, 0.15) is 23.4 Å². The first-order valence-corrected chi connectivity index (χ1v) is 7.39. The molecule has 2 aromatic heterocycles. The molecule has 2 rings (SSSR count). The fourth-order valence-electron chi connectivity index (χ4n) is 1.64. The number of hydrogen-bond acceptors (Lipinski definition) is 4. The second kappa shape index (κ2) is 5.82. The zero-order valence-corrected chi connectivity index (χ0v) is 12.8. The van der Waals surface area contributed by atoms with Gasteiger partial charge in [-0.2, -0.15) is 0 Å². The van der Waals surface area contributed by atoms with Gasteiger partial charge >= 0.3 is 0 Å². The predicted molar refractivity (Wildman–Crippen MR) is 81.0 cm³/mol. The van der Waals surface area contributed by atoms with Gasteiger partial charge in [0.25, 0.3) is 0 Å². The molecule has 0 spiro atoms. The summed E-state index contributed by atoms with van der Waals surface area (Å²) in [6.07, 6.45) is 1.85. The summed E-state index contributed by atoms with van der Waals surface area (Å²) in [6.45, 7) is 2.82. The summed E-state index contributed by atoms with van der Waals surface area (Å²) in [7, 11) is 2.04. The molecule has 0 fully saturated rings. The van der Waals surface area contributed by atoms with E-state index in [9.17, 15) is 0 Å². The van der Waals surface area contributed by atoms with E-state index in [1.165, 1.54) is 4.88 Å². The molecule has 0 bridgehead atoms. The monoisotopic (exact) mass is 325 g/mol. The molecule has 1 atom stereocenters. The van der Waals surface area contributed by atoms with E-state index in [0.717, 1.165) is 22.4 Å². The van der Waals surface area contributed by atoms with Crippen molar-refractivity contribution in [2.75, 3.05) is 11.9 Å². The molecular formula is C13H16BrN3S. The average Bonchev–Trinajstić information content (AvgIpc) is 2.75. The minimum atomic E-state index is 0.0325. The molecule has 96 valence electrons. The van der Waals surface area contributed by atoms with Gasteiger partial charge in [0.15, 0.2) is 0 Å². The quantitative estimate of drug-likeness (QED) is 0.934. The van der Waals surface area contributed by atoms with Gasteiger partial charge in [-0.05, 0) is 40.5 Å². The van der Waals surface area contributed by atoms with Crippen molar-refractivity contribution in [3.05, 3.63) is 44.7 Å². The van der Waals surface area contributed by atoms with Gasteiger partial charge in [0.1, 0.15) is 5.82 Å². The number of rotatable bonds is 4. The van der Waals surface area contributed by atoms with Gasteiger partial charge in [-0.3, -0.25) is 0 Å². The number of anilines is 1. The highest BCUT2D eigenvalue weighted by Gasteiger charge is 2.06. The van der Waals surface area contributed by atoms with Crippen LogP contribution in [0, 0.1) is 0 Å². The molecule has 0 amide bonds. The zero-order chi connectivity index (χ0) is 13.1. The Hall–Kier alpha value is -0.910. The lowest BCUT2D eigenvalue weighted by molar-refractivity contribution is 0.807. The van der Waals surface area contributed by atoms with Crippen molar-refractivity contribution >= 4 is 33.1 Å². The molecule has 0 saturated heterocycles. The highest BCUT2D eigenvalue weighted by atomic mass is 79.9. The molecule has 0 unspecified atom stereocenters. The van der Waals surface area contributed by atoms with Crippen LogP contribution in [0.2, 0.25) is 0 Å². The number of thiophene rings is 1. The lowest BCUT2D eigenvalue weighted by atomic mass is 10.1. The topological polar surface area (TPSA) is 42.1 Å². The van der Waals surface area contributed by atoms with Crippen LogP contribution in [0.25, 0.3) is 0 Å². The number of nitrogens with zero attached hydrogens (tertiary/aromatic N) is 2. The number of aromatic nitrogens is 1. The van der Waals surface area contributed by atoms with E-state index in [-0.39, 0.29) is 6.04 Å². The van der Waals surface area contributed by atoms with E-state index < -0.39 is 0 Å². The number of nitrogens with two attached hydrogens (primary N) is 1. The third kappa shape index (κ3) is 3.31. The van der Waals surface area contributed by atoms with Crippen molar-refractivity contribution in [3.8, 4) is 0 Å². The van der Waals surface area contributed by atoms with Gasteiger partial charge in [-0.25, -0.2) is 4.98 Å². The minimum absolute atomic E-state index is 0.0325. The summed E-state index contributed by atoms with van der Waals surface area (Å²) in [5.74, 6) is 0.962. The highest BCUT2D eigenvalue weighted by molar-refractivity contribution is 9.10. The SMILES string of the molecule is C[C@H](N)c1ccc(N(C)Cc2cc(Br)cs2)nc1. The average molecular weight is 326 g/mol. The Morgan fingerprint density at radius 2 is 2.28 bits per heavy atom. The molecule has 0 saturated carbocycles. The number of pyridine rings is 1. The molecule has 2 N–H and O–H groups in total. The smallest absolute Gasteiger partial charge is 0.128 e. The normalized spacial score (nSPS) is 12.4. The maximum Gasteiger partial charge on any atom is 0.128 e. The van der Waals surface area contributed by atoms with E-state index in [1.54, 1.807) is 11.3 Å². The van der Waals surface area contributed by atoms with Crippen molar-refractivity contribution in [3.63, 3.8) is 0 Å². The Morgan fingerprint density at radius 1 is 1.50 bits per heavy atom. The van der Waals surface area contributed by atoms with Gasteiger partial charge < -0.3 is 10.6 Å². The van der Waals surface area contributed by atoms with Crippen LogP contribution in [0.5, 0.6) is 0 Å². The van der Waals surface area contributed by atoms with E-state index in [2.05, 4.69) is 37.3 Å². The van der Waals surface area contributed by atoms with Crippen molar-refractivity contribution < 1.29 is 0 Å². The highest BCUT2D eigenvalue weighted by Crippen LogP contribution is 2.22. The van der Waals surface area contributed by atoms with E-state index in [0.29, 0.717) is 0 Å². The maximum absolute atomic E-state index is 5.81. The zero-order valence-electron chi connectivity index (χ0n) is 10.4. The lowest BCUT2D eigenvalue weighted by Crippen LogP contribution is -2.17. The largest absolute Gasteiger partial charge is 0.355 e. The standard InChI is InChI=1S/C13H16BrN3S/c1-9(15)10-3-4-13(16-6-10)17(2)7-12-5-11(14)8-18-12/h3-6,8-9H,7,15H2,1-2H3/t9-/m0/s1. The molecule has 0 radical (unpaired) electrons. The molecular weight excluding hydrogens is 310 g/mol. The molecule has 2 aromatic rings. The summed E-state index contributed by atoms with van der Waals surface area (Å²) in [6, 6.07) is 6.22. The Balaban J connectivity index is 2.06. The number of hydrogen-bond donors (Lipinski definition) is 1. The van der Waals surface area contributed by atoms with Crippen LogP contribution in [-0.2, 0) is 6.54 Å². The summed E-state index contributed by atoms with van der Waals surface area (Å²) >= 11 is 5.21. The Kier molecular flexibility index (Phi) is 4.37. The van der Waals surface area contributed by atoms with Crippen LogP contribution in [0.3, 0.4) is 0 Å². The summed E-state index contributed by atoms with van der Waals surface area (Å²) < 4.78 is 1.14. The molecule has 5 heteroatoms. The Bertz CT molecular complexity index is 507. The van der Waals surface area contributed by atoms with Crippen molar-refractivity contribution in [1.29, 1.82) is 0 Å². The summed E-state index contributed by atoms with van der Waals surface area (Å²) in [4.78, 5) is 7.88. The third-order valence-corrected chi connectivity index (χ3v) is 4.38. The first-order chi connectivity index (χ1) is 8.56. The Labute approximate surface area is 120 Å². The molecule has 3 nitrogen and oxygen atoms in total. The summed E-state index contributed by atoms with van der Waals surface area (Å²) in [5, 5.41) is 2.09. The Morgan fingerprint density at radius 3 is 2.78 bits per heavy atom. The van der Waals surface area contributed by atoms with E-state index >= 15 is 0 Å². The fourth-order valence-corrected chi connectivity index (χ4v) is 3.15. The predicted octanol–water partition coefficient (Wildman–Crippen LogP) is 3.56. The maximum atomic E-state index is 5.81.